The molecule has 2 aliphatic heterocycles. The number of hydrogen-bond acceptors (Lipinski definition) is 2. The molecule has 2 fully saturated rings. The Balaban J connectivity index is 1.99. The Morgan fingerprint density at radius 2 is 1.95 bits per heavy atom. The Hall–Kier alpha value is -1.26. The summed E-state index contributed by atoms with van der Waals surface area (Å²) in [5, 5.41) is 9.53. The van der Waals surface area contributed by atoms with Gasteiger partial charge in [-0.25, -0.2) is 4.79 Å². The molecule has 0 saturated carbocycles. The number of amides is 2. The van der Waals surface area contributed by atoms with Gasteiger partial charge in [-0.1, -0.05) is 20.3 Å². The molecule has 5 heteroatoms. The lowest BCUT2D eigenvalue weighted by molar-refractivity contribution is -0.148. The molecule has 0 bridgehead atoms. The molecule has 0 aromatic heterocycles. The zero-order chi connectivity index (χ0) is 15.5. The van der Waals surface area contributed by atoms with E-state index in [4.69, 9.17) is 0 Å². The molecular formula is C16H28N2O3. The molecule has 2 amide bonds. The van der Waals surface area contributed by atoms with Gasteiger partial charge in [-0.05, 0) is 38.0 Å². The van der Waals surface area contributed by atoms with Crippen LogP contribution in [0.25, 0.3) is 0 Å². The van der Waals surface area contributed by atoms with Crippen LogP contribution in [0.15, 0.2) is 0 Å². The summed E-state index contributed by atoms with van der Waals surface area (Å²) in [6.45, 7) is 6.82. The van der Waals surface area contributed by atoms with Crippen molar-refractivity contribution in [2.45, 2.75) is 52.4 Å². The minimum absolute atomic E-state index is 0.0447. The number of aliphatic carboxylic acids is 1. The second-order valence-corrected chi connectivity index (χ2v) is 6.81. The second-order valence-electron chi connectivity index (χ2n) is 6.81. The van der Waals surface area contributed by atoms with E-state index in [2.05, 4.69) is 6.92 Å². The molecule has 21 heavy (non-hydrogen) atoms. The van der Waals surface area contributed by atoms with Crippen molar-refractivity contribution in [1.82, 2.24) is 9.80 Å². The molecule has 120 valence electrons. The van der Waals surface area contributed by atoms with E-state index < -0.39 is 11.4 Å². The highest BCUT2D eigenvalue weighted by Gasteiger charge is 2.46. The highest BCUT2D eigenvalue weighted by Crippen LogP contribution is 2.36. The second kappa shape index (κ2) is 6.67. The number of nitrogens with zero attached hydrogens (tertiary/aromatic N) is 2. The predicted molar refractivity (Wildman–Crippen MR) is 81.2 cm³/mol. The van der Waals surface area contributed by atoms with Gasteiger partial charge >= 0.3 is 12.0 Å². The maximum atomic E-state index is 12.6. The molecule has 5 nitrogen and oxygen atoms in total. The Morgan fingerprint density at radius 3 is 2.62 bits per heavy atom. The fourth-order valence-corrected chi connectivity index (χ4v) is 3.65. The maximum Gasteiger partial charge on any atom is 0.320 e. The summed E-state index contributed by atoms with van der Waals surface area (Å²) in [7, 11) is 0. The quantitative estimate of drug-likeness (QED) is 0.871. The van der Waals surface area contributed by atoms with Gasteiger partial charge in [0.1, 0.15) is 0 Å². The highest BCUT2D eigenvalue weighted by molar-refractivity contribution is 5.79. The number of carboxylic acids is 1. The average molecular weight is 296 g/mol. The van der Waals surface area contributed by atoms with Crippen LogP contribution in [0.3, 0.4) is 0 Å². The van der Waals surface area contributed by atoms with Gasteiger partial charge < -0.3 is 14.9 Å². The first-order valence-electron chi connectivity index (χ1n) is 8.26. The zero-order valence-corrected chi connectivity index (χ0v) is 13.3. The molecule has 0 spiro atoms. The minimum Gasteiger partial charge on any atom is -0.481 e. The summed E-state index contributed by atoms with van der Waals surface area (Å²) < 4.78 is 0. The predicted octanol–water partition coefficient (Wildman–Crippen LogP) is 2.81. The third-order valence-electron chi connectivity index (χ3n) is 5.09. The lowest BCUT2D eigenvalue weighted by Crippen LogP contribution is -2.44. The molecule has 2 rings (SSSR count). The van der Waals surface area contributed by atoms with Crippen molar-refractivity contribution in [2.24, 2.45) is 11.3 Å². The van der Waals surface area contributed by atoms with Crippen LogP contribution in [-0.4, -0.2) is 53.1 Å². The van der Waals surface area contributed by atoms with E-state index in [0.717, 1.165) is 32.4 Å². The topological polar surface area (TPSA) is 60.9 Å². The molecule has 1 N–H and O–H groups in total. The molecular weight excluding hydrogens is 268 g/mol. The van der Waals surface area contributed by atoms with Crippen LogP contribution in [0.1, 0.15) is 52.4 Å². The summed E-state index contributed by atoms with van der Waals surface area (Å²) in [5.74, 6) is -0.0660. The summed E-state index contributed by atoms with van der Waals surface area (Å²) in [4.78, 5) is 27.9. The van der Waals surface area contributed by atoms with Crippen LogP contribution < -0.4 is 0 Å². The van der Waals surface area contributed by atoms with Crippen molar-refractivity contribution in [1.29, 1.82) is 0 Å². The normalized spacial score (nSPS) is 30.3. The first-order chi connectivity index (χ1) is 9.98. The summed E-state index contributed by atoms with van der Waals surface area (Å²) >= 11 is 0. The molecule has 2 unspecified atom stereocenters. The fraction of sp³-hybridized carbons (Fsp3) is 0.875. The lowest BCUT2D eigenvalue weighted by atomic mass is 9.83. The van der Waals surface area contributed by atoms with Crippen molar-refractivity contribution in [3.8, 4) is 0 Å². The van der Waals surface area contributed by atoms with Crippen LogP contribution in [0.4, 0.5) is 4.79 Å². The fourth-order valence-electron chi connectivity index (χ4n) is 3.65. The molecule has 2 heterocycles. The van der Waals surface area contributed by atoms with Gasteiger partial charge in [0, 0.05) is 26.2 Å². The third kappa shape index (κ3) is 3.50. The Kier molecular flexibility index (Phi) is 5.12. The molecule has 0 aromatic rings. The van der Waals surface area contributed by atoms with E-state index in [9.17, 15) is 14.7 Å². The Morgan fingerprint density at radius 1 is 1.19 bits per heavy atom. The number of carboxylic acid groups (broad SMARTS) is 1. The number of carbonyl (C=O) groups is 2. The Bertz CT molecular complexity index is 399. The average Bonchev–Trinajstić information content (AvgIpc) is 2.76. The van der Waals surface area contributed by atoms with E-state index >= 15 is 0 Å². The third-order valence-corrected chi connectivity index (χ3v) is 5.09. The smallest absolute Gasteiger partial charge is 0.320 e. The van der Waals surface area contributed by atoms with Gasteiger partial charge in [0.15, 0.2) is 0 Å². The molecule has 2 saturated heterocycles. The molecule has 2 aliphatic rings. The van der Waals surface area contributed by atoms with Crippen LogP contribution >= 0.6 is 0 Å². The van der Waals surface area contributed by atoms with Gasteiger partial charge in [0.2, 0.25) is 0 Å². The van der Waals surface area contributed by atoms with Crippen LogP contribution in [0.5, 0.6) is 0 Å². The van der Waals surface area contributed by atoms with Crippen molar-refractivity contribution in [2.75, 3.05) is 26.2 Å². The number of hydrogen-bond donors (Lipinski definition) is 1. The van der Waals surface area contributed by atoms with E-state index in [-0.39, 0.29) is 6.03 Å². The van der Waals surface area contributed by atoms with E-state index in [1.165, 1.54) is 6.42 Å². The number of urea groups is 1. The Labute approximate surface area is 127 Å². The van der Waals surface area contributed by atoms with Crippen molar-refractivity contribution in [3.63, 3.8) is 0 Å². The van der Waals surface area contributed by atoms with Crippen LogP contribution in [-0.2, 0) is 4.79 Å². The summed E-state index contributed by atoms with van der Waals surface area (Å²) in [6.07, 6.45) is 5.38. The van der Waals surface area contributed by atoms with Crippen LogP contribution in [0.2, 0.25) is 0 Å². The van der Waals surface area contributed by atoms with Gasteiger partial charge in [-0.2, -0.15) is 0 Å². The van der Waals surface area contributed by atoms with Crippen molar-refractivity contribution >= 4 is 12.0 Å². The summed E-state index contributed by atoms with van der Waals surface area (Å²) in [5.41, 5.74) is -0.719. The first kappa shape index (κ1) is 16.1. The largest absolute Gasteiger partial charge is 0.481 e. The first-order valence-corrected chi connectivity index (χ1v) is 8.26. The van der Waals surface area contributed by atoms with Gasteiger partial charge in [0.05, 0.1) is 5.41 Å². The van der Waals surface area contributed by atoms with Gasteiger partial charge in [-0.15, -0.1) is 0 Å². The van der Waals surface area contributed by atoms with Crippen molar-refractivity contribution in [3.05, 3.63) is 0 Å². The van der Waals surface area contributed by atoms with Crippen molar-refractivity contribution < 1.29 is 14.7 Å². The number of likely N-dealkylation sites (tertiary alicyclic amines) is 2. The minimum atomic E-state index is -0.746. The van der Waals surface area contributed by atoms with E-state index in [0.29, 0.717) is 31.8 Å². The lowest BCUT2D eigenvalue weighted by Gasteiger charge is -2.29. The van der Waals surface area contributed by atoms with Gasteiger partial charge in [0.25, 0.3) is 0 Å². The highest BCUT2D eigenvalue weighted by atomic mass is 16.4. The molecule has 2 atom stereocenters. The molecule has 0 radical (unpaired) electrons. The molecule has 0 aliphatic carbocycles. The number of carbonyl (C=O) groups excluding carboxylic acids is 1. The number of rotatable bonds is 3. The standard InChI is InChI=1S/C16H28N2O3/c1-3-7-16(14(19)20)8-11-18(12-16)15(21)17-9-4-5-13(2)6-10-17/h13H,3-12H2,1-2H3,(H,19,20). The molecule has 0 aromatic carbocycles. The van der Waals surface area contributed by atoms with Gasteiger partial charge in [-0.3, -0.25) is 4.79 Å². The van der Waals surface area contributed by atoms with E-state index in [1.807, 2.05) is 11.8 Å². The van der Waals surface area contributed by atoms with E-state index in [1.54, 1.807) is 4.90 Å². The maximum absolute atomic E-state index is 12.6. The SMILES string of the molecule is CCCC1(C(=O)O)CCN(C(=O)N2CCCC(C)CC2)C1. The van der Waals surface area contributed by atoms with Crippen LogP contribution in [0, 0.1) is 11.3 Å². The monoisotopic (exact) mass is 296 g/mol. The summed E-state index contributed by atoms with van der Waals surface area (Å²) in [6, 6.07) is 0.0447. The zero-order valence-electron chi connectivity index (χ0n) is 13.3.